The maximum absolute atomic E-state index is 12.5. The Kier molecular flexibility index (Phi) is 3.74. The summed E-state index contributed by atoms with van der Waals surface area (Å²) in [6.45, 7) is 0.688. The molecule has 2 aromatic rings. The van der Waals surface area contributed by atoms with Gasteiger partial charge >= 0.3 is 0 Å². The first-order chi connectivity index (χ1) is 9.72. The molecule has 1 saturated carbocycles. The van der Waals surface area contributed by atoms with Crippen molar-refractivity contribution in [2.24, 2.45) is 0 Å². The van der Waals surface area contributed by atoms with Crippen molar-refractivity contribution in [1.29, 1.82) is 0 Å². The van der Waals surface area contributed by atoms with Crippen LogP contribution < -0.4 is 5.73 Å². The molecule has 104 valence electrons. The third-order valence-corrected chi connectivity index (χ3v) is 4.31. The van der Waals surface area contributed by atoms with E-state index < -0.39 is 0 Å². The zero-order valence-electron chi connectivity index (χ0n) is 11.3. The number of thiophene rings is 1. The van der Waals surface area contributed by atoms with Crippen LogP contribution in [0.4, 0.5) is 5.69 Å². The van der Waals surface area contributed by atoms with Crippen molar-refractivity contribution < 1.29 is 4.79 Å². The summed E-state index contributed by atoms with van der Waals surface area (Å²) in [6.07, 6.45) is 2.77. The third kappa shape index (κ3) is 3.20. The summed E-state index contributed by atoms with van der Waals surface area (Å²) in [5, 5.41) is 4.07. The zero-order chi connectivity index (χ0) is 13.9. The lowest BCUT2D eigenvalue weighted by Crippen LogP contribution is -2.33. The molecule has 0 atom stereocenters. The maximum atomic E-state index is 12.5. The predicted molar refractivity (Wildman–Crippen MR) is 82.4 cm³/mol. The number of hydrogen-bond donors (Lipinski definition) is 1. The highest BCUT2D eigenvalue weighted by Gasteiger charge is 2.32. The number of carbonyl (C=O) groups excluding carboxylic acids is 1. The normalized spacial score (nSPS) is 14.2. The summed E-state index contributed by atoms with van der Waals surface area (Å²) in [5.41, 5.74) is 8.72. The number of nitrogens with two attached hydrogens (primary N) is 1. The number of hydrogen-bond acceptors (Lipinski definition) is 3. The zero-order valence-corrected chi connectivity index (χ0v) is 12.1. The summed E-state index contributed by atoms with van der Waals surface area (Å²) in [6, 6.07) is 10.2. The van der Waals surface area contributed by atoms with Gasteiger partial charge in [0.05, 0.1) is 6.42 Å². The van der Waals surface area contributed by atoms with Crippen LogP contribution in [0.2, 0.25) is 0 Å². The molecule has 0 saturated heterocycles. The molecule has 0 aliphatic heterocycles. The number of rotatable bonds is 5. The van der Waals surface area contributed by atoms with Gasteiger partial charge in [0.2, 0.25) is 5.91 Å². The molecule has 2 N–H and O–H groups in total. The molecule has 0 unspecified atom stereocenters. The van der Waals surface area contributed by atoms with Crippen molar-refractivity contribution in [2.45, 2.75) is 31.8 Å². The van der Waals surface area contributed by atoms with Crippen molar-refractivity contribution in [3.8, 4) is 0 Å². The molecule has 1 aliphatic rings. The Morgan fingerprint density at radius 2 is 1.95 bits per heavy atom. The molecule has 4 heteroatoms. The molecule has 20 heavy (non-hydrogen) atoms. The van der Waals surface area contributed by atoms with Crippen LogP contribution in [0.25, 0.3) is 0 Å². The molecule has 1 heterocycles. The van der Waals surface area contributed by atoms with Gasteiger partial charge in [-0.2, -0.15) is 11.3 Å². The minimum Gasteiger partial charge on any atom is -0.399 e. The fourth-order valence-corrected chi connectivity index (χ4v) is 2.96. The molecule has 0 bridgehead atoms. The van der Waals surface area contributed by atoms with Gasteiger partial charge < -0.3 is 10.6 Å². The van der Waals surface area contributed by atoms with Crippen LogP contribution in [-0.2, 0) is 17.8 Å². The third-order valence-electron chi connectivity index (χ3n) is 3.58. The van der Waals surface area contributed by atoms with Gasteiger partial charge in [0.25, 0.3) is 0 Å². The maximum Gasteiger partial charge on any atom is 0.227 e. The minimum absolute atomic E-state index is 0.225. The standard InChI is InChI=1S/C16H18N2OS/c17-14-3-1-12(2-4-14)10-18(15-5-6-15)16(19)9-13-7-8-20-11-13/h1-4,7-8,11,15H,5-6,9-10,17H2. The van der Waals surface area contributed by atoms with Crippen LogP contribution >= 0.6 is 11.3 Å². The summed E-state index contributed by atoms with van der Waals surface area (Å²) < 4.78 is 0. The first-order valence-electron chi connectivity index (χ1n) is 6.87. The highest BCUT2D eigenvalue weighted by Crippen LogP contribution is 2.29. The largest absolute Gasteiger partial charge is 0.399 e. The average Bonchev–Trinajstić information content (AvgIpc) is 3.15. The highest BCUT2D eigenvalue weighted by atomic mass is 32.1. The van der Waals surface area contributed by atoms with E-state index in [1.165, 1.54) is 0 Å². The monoisotopic (exact) mass is 286 g/mol. The van der Waals surface area contributed by atoms with E-state index in [0.717, 1.165) is 29.7 Å². The molecule has 1 aromatic carbocycles. The number of carbonyl (C=O) groups is 1. The summed E-state index contributed by atoms with van der Waals surface area (Å²) in [7, 11) is 0. The predicted octanol–water partition coefficient (Wildman–Crippen LogP) is 3.06. The van der Waals surface area contributed by atoms with Gasteiger partial charge in [-0.05, 0) is 52.9 Å². The van der Waals surface area contributed by atoms with Gasteiger partial charge in [-0.15, -0.1) is 0 Å². The molecular formula is C16H18N2OS. The number of anilines is 1. The van der Waals surface area contributed by atoms with E-state index >= 15 is 0 Å². The lowest BCUT2D eigenvalue weighted by atomic mass is 10.1. The lowest BCUT2D eigenvalue weighted by Gasteiger charge is -2.22. The number of amides is 1. The molecule has 0 spiro atoms. The summed E-state index contributed by atoms with van der Waals surface area (Å²) in [4.78, 5) is 14.5. The van der Waals surface area contributed by atoms with Crippen molar-refractivity contribution in [3.05, 3.63) is 52.2 Å². The quantitative estimate of drug-likeness (QED) is 0.859. The van der Waals surface area contributed by atoms with E-state index in [1.54, 1.807) is 11.3 Å². The molecule has 1 amide bonds. The van der Waals surface area contributed by atoms with Crippen molar-refractivity contribution in [1.82, 2.24) is 4.90 Å². The fraction of sp³-hybridized carbons (Fsp3) is 0.312. The van der Waals surface area contributed by atoms with Crippen molar-refractivity contribution in [3.63, 3.8) is 0 Å². The molecule has 3 nitrogen and oxygen atoms in total. The van der Waals surface area contributed by atoms with Crippen molar-refractivity contribution >= 4 is 22.9 Å². The van der Waals surface area contributed by atoms with E-state index in [9.17, 15) is 4.79 Å². The van der Waals surface area contributed by atoms with Gasteiger partial charge in [-0.3, -0.25) is 4.79 Å². The first-order valence-corrected chi connectivity index (χ1v) is 7.81. The smallest absolute Gasteiger partial charge is 0.227 e. The van der Waals surface area contributed by atoms with Gasteiger partial charge in [-0.1, -0.05) is 12.1 Å². The Morgan fingerprint density at radius 3 is 2.55 bits per heavy atom. The van der Waals surface area contributed by atoms with E-state index in [4.69, 9.17) is 5.73 Å². The number of benzene rings is 1. The van der Waals surface area contributed by atoms with Crippen LogP contribution in [-0.4, -0.2) is 16.8 Å². The lowest BCUT2D eigenvalue weighted by molar-refractivity contribution is -0.131. The summed E-state index contributed by atoms with van der Waals surface area (Å²) >= 11 is 1.64. The second-order valence-corrected chi connectivity index (χ2v) is 6.08. The second kappa shape index (κ2) is 5.67. The van der Waals surface area contributed by atoms with Crippen LogP contribution in [0.15, 0.2) is 41.1 Å². The van der Waals surface area contributed by atoms with Crippen molar-refractivity contribution in [2.75, 3.05) is 5.73 Å². The molecule has 1 aliphatic carbocycles. The van der Waals surface area contributed by atoms with E-state index in [2.05, 4.69) is 0 Å². The topological polar surface area (TPSA) is 46.3 Å². The van der Waals surface area contributed by atoms with E-state index in [1.807, 2.05) is 46.0 Å². The number of nitrogens with zero attached hydrogens (tertiary/aromatic N) is 1. The second-order valence-electron chi connectivity index (χ2n) is 5.30. The van der Waals surface area contributed by atoms with E-state index in [0.29, 0.717) is 19.0 Å². The fourth-order valence-electron chi connectivity index (χ4n) is 2.30. The Hall–Kier alpha value is -1.81. The van der Waals surface area contributed by atoms with Crippen LogP contribution in [0, 0.1) is 0 Å². The molecule has 0 radical (unpaired) electrons. The van der Waals surface area contributed by atoms with E-state index in [-0.39, 0.29) is 5.91 Å². The first kappa shape index (κ1) is 13.2. The Balaban J connectivity index is 1.69. The van der Waals surface area contributed by atoms with Gasteiger partial charge in [-0.25, -0.2) is 0 Å². The van der Waals surface area contributed by atoms with Gasteiger partial charge in [0.15, 0.2) is 0 Å². The van der Waals surface area contributed by atoms with Gasteiger partial charge in [0, 0.05) is 18.3 Å². The Morgan fingerprint density at radius 1 is 1.20 bits per heavy atom. The molecule has 3 rings (SSSR count). The Bertz CT molecular complexity index is 573. The summed E-state index contributed by atoms with van der Waals surface area (Å²) in [5.74, 6) is 0.225. The minimum atomic E-state index is 0.225. The average molecular weight is 286 g/mol. The SMILES string of the molecule is Nc1ccc(CN(C(=O)Cc2ccsc2)C2CC2)cc1. The van der Waals surface area contributed by atoms with Crippen LogP contribution in [0.1, 0.15) is 24.0 Å². The molecular weight excluding hydrogens is 268 g/mol. The van der Waals surface area contributed by atoms with Crippen LogP contribution in [0.5, 0.6) is 0 Å². The van der Waals surface area contributed by atoms with Crippen LogP contribution in [0.3, 0.4) is 0 Å². The number of nitrogen functional groups attached to an aromatic ring is 1. The Labute approximate surface area is 123 Å². The van der Waals surface area contributed by atoms with Gasteiger partial charge in [0.1, 0.15) is 0 Å². The molecule has 1 fully saturated rings. The molecule has 1 aromatic heterocycles. The highest BCUT2D eigenvalue weighted by molar-refractivity contribution is 7.07.